The molecule has 0 saturated heterocycles. The van der Waals surface area contributed by atoms with Gasteiger partial charge in [-0.25, -0.2) is 9.37 Å². The predicted molar refractivity (Wildman–Crippen MR) is 60.4 cm³/mol. The fraction of sp³-hybridized carbons (Fsp3) is 0.417. The zero-order chi connectivity index (χ0) is 11.7. The van der Waals surface area contributed by atoms with Crippen LogP contribution in [0.4, 0.5) is 4.39 Å². The van der Waals surface area contributed by atoms with Gasteiger partial charge in [0.05, 0.1) is 6.61 Å². The van der Waals surface area contributed by atoms with Crippen LogP contribution in [-0.2, 0) is 0 Å². The minimum Gasteiger partial charge on any atom is -0.487 e. The van der Waals surface area contributed by atoms with Crippen LogP contribution in [0.3, 0.4) is 0 Å². The van der Waals surface area contributed by atoms with Crippen molar-refractivity contribution in [1.82, 2.24) is 9.38 Å². The van der Waals surface area contributed by atoms with Gasteiger partial charge in [0.25, 0.3) is 0 Å². The van der Waals surface area contributed by atoms with Gasteiger partial charge < -0.3 is 9.14 Å². The number of ether oxygens (including phenoxy) is 1. The van der Waals surface area contributed by atoms with Crippen molar-refractivity contribution in [3.8, 4) is 5.75 Å². The molecule has 0 aliphatic carbocycles. The molecule has 86 valence electrons. The van der Waals surface area contributed by atoms with Crippen molar-refractivity contribution in [3.05, 3.63) is 30.0 Å². The van der Waals surface area contributed by atoms with Gasteiger partial charge in [0.1, 0.15) is 0 Å². The minimum atomic E-state index is -0.366. The first-order valence-electron chi connectivity index (χ1n) is 5.43. The number of imidazole rings is 1. The lowest BCUT2D eigenvalue weighted by Crippen LogP contribution is -2.00. The predicted octanol–water partition coefficient (Wildman–Crippen LogP) is 3.00. The maximum absolute atomic E-state index is 13.5. The van der Waals surface area contributed by atoms with Crippen molar-refractivity contribution >= 4 is 5.65 Å². The molecule has 2 rings (SSSR count). The van der Waals surface area contributed by atoms with E-state index in [1.165, 1.54) is 6.07 Å². The molecule has 2 aromatic heterocycles. The third-order valence-corrected chi connectivity index (χ3v) is 2.50. The van der Waals surface area contributed by atoms with Crippen LogP contribution in [0, 0.1) is 5.82 Å². The zero-order valence-electron chi connectivity index (χ0n) is 9.70. The molecule has 0 N–H and O–H groups in total. The molecule has 16 heavy (non-hydrogen) atoms. The molecule has 0 unspecified atom stereocenters. The second-order valence-electron chi connectivity index (χ2n) is 3.96. The highest BCUT2D eigenvalue weighted by atomic mass is 19.1. The molecule has 0 radical (unpaired) electrons. The van der Waals surface area contributed by atoms with E-state index in [1.54, 1.807) is 12.4 Å². The van der Waals surface area contributed by atoms with Crippen LogP contribution in [0.2, 0.25) is 0 Å². The summed E-state index contributed by atoms with van der Waals surface area (Å²) < 4.78 is 20.7. The lowest BCUT2D eigenvalue weighted by atomic mass is 10.1. The Kier molecular flexibility index (Phi) is 2.81. The second kappa shape index (κ2) is 4.12. The Balaban J connectivity index is 2.65. The Morgan fingerprint density at radius 1 is 1.50 bits per heavy atom. The Labute approximate surface area is 93.9 Å². The number of halogens is 1. The molecule has 2 aromatic rings. The number of aromatic nitrogens is 2. The monoisotopic (exact) mass is 222 g/mol. The second-order valence-corrected chi connectivity index (χ2v) is 3.96. The van der Waals surface area contributed by atoms with Gasteiger partial charge in [-0.3, -0.25) is 0 Å². The molecule has 0 atom stereocenters. The van der Waals surface area contributed by atoms with E-state index in [2.05, 4.69) is 18.8 Å². The quantitative estimate of drug-likeness (QED) is 0.798. The number of rotatable bonds is 3. The summed E-state index contributed by atoms with van der Waals surface area (Å²) in [5.41, 5.74) is 1.60. The summed E-state index contributed by atoms with van der Waals surface area (Å²) in [5, 5.41) is 0. The summed E-state index contributed by atoms with van der Waals surface area (Å²) in [4.78, 5) is 4.22. The Bertz CT molecular complexity index is 505. The summed E-state index contributed by atoms with van der Waals surface area (Å²) in [7, 11) is 0. The SMILES string of the molecule is CCOc1c(F)ccn2c(C(C)C)cnc12. The molecule has 3 nitrogen and oxygen atoms in total. The van der Waals surface area contributed by atoms with Crippen molar-refractivity contribution in [2.45, 2.75) is 26.7 Å². The highest BCUT2D eigenvalue weighted by Gasteiger charge is 2.14. The zero-order valence-corrected chi connectivity index (χ0v) is 9.70. The van der Waals surface area contributed by atoms with Crippen LogP contribution in [0.25, 0.3) is 5.65 Å². The highest BCUT2D eigenvalue weighted by Crippen LogP contribution is 2.26. The van der Waals surface area contributed by atoms with Crippen molar-refractivity contribution in [3.63, 3.8) is 0 Å². The van der Waals surface area contributed by atoms with Crippen molar-refractivity contribution in [2.24, 2.45) is 0 Å². The van der Waals surface area contributed by atoms with E-state index < -0.39 is 0 Å². The van der Waals surface area contributed by atoms with Gasteiger partial charge in [-0.2, -0.15) is 0 Å². The third kappa shape index (κ3) is 1.64. The van der Waals surface area contributed by atoms with Gasteiger partial charge in [-0.05, 0) is 18.9 Å². The first-order valence-corrected chi connectivity index (χ1v) is 5.43. The molecule has 0 amide bonds. The van der Waals surface area contributed by atoms with Gasteiger partial charge in [-0.15, -0.1) is 0 Å². The summed E-state index contributed by atoms with van der Waals surface area (Å²) in [6.45, 7) is 6.41. The summed E-state index contributed by atoms with van der Waals surface area (Å²) in [5.74, 6) is 0.210. The van der Waals surface area contributed by atoms with E-state index in [1.807, 2.05) is 11.3 Å². The van der Waals surface area contributed by atoms with Crippen molar-refractivity contribution < 1.29 is 9.13 Å². The number of fused-ring (bicyclic) bond motifs is 1. The average molecular weight is 222 g/mol. The number of hydrogen-bond donors (Lipinski definition) is 0. The Morgan fingerprint density at radius 3 is 2.88 bits per heavy atom. The van der Waals surface area contributed by atoms with E-state index in [-0.39, 0.29) is 11.6 Å². The highest BCUT2D eigenvalue weighted by molar-refractivity contribution is 5.55. The molecule has 0 aliphatic rings. The summed E-state index contributed by atoms with van der Waals surface area (Å²) in [6.07, 6.45) is 3.46. The summed E-state index contributed by atoms with van der Waals surface area (Å²) >= 11 is 0. The lowest BCUT2D eigenvalue weighted by molar-refractivity contribution is 0.323. The first-order chi connectivity index (χ1) is 7.65. The van der Waals surface area contributed by atoms with Crippen LogP contribution < -0.4 is 4.74 Å². The third-order valence-electron chi connectivity index (χ3n) is 2.50. The van der Waals surface area contributed by atoms with E-state index in [0.717, 1.165) is 5.69 Å². The van der Waals surface area contributed by atoms with Gasteiger partial charge in [0, 0.05) is 18.1 Å². The van der Waals surface area contributed by atoms with E-state index in [0.29, 0.717) is 18.2 Å². The largest absolute Gasteiger partial charge is 0.487 e. The smallest absolute Gasteiger partial charge is 0.198 e. The molecule has 2 heterocycles. The number of hydrogen-bond acceptors (Lipinski definition) is 2. The van der Waals surface area contributed by atoms with Gasteiger partial charge in [-0.1, -0.05) is 13.8 Å². The molecule has 0 saturated carbocycles. The maximum atomic E-state index is 13.5. The van der Waals surface area contributed by atoms with E-state index in [4.69, 9.17) is 4.74 Å². The fourth-order valence-corrected chi connectivity index (χ4v) is 1.73. The Morgan fingerprint density at radius 2 is 2.25 bits per heavy atom. The van der Waals surface area contributed by atoms with Crippen LogP contribution in [0.15, 0.2) is 18.5 Å². The molecular formula is C12H15FN2O. The minimum absolute atomic E-state index is 0.233. The topological polar surface area (TPSA) is 26.5 Å². The standard InChI is InChI=1S/C12H15FN2O/c1-4-16-11-9(13)5-6-15-10(8(2)3)7-14-12(11)15/h5-8H,4H2,1-3H3. The van der Waals surface area contributed by atoms with Gasteiger partial charge in [0.15, 0.2) is 17.2 Å². The molecule has 0 aliphatic heterocycles. The van der Waals surface area contributed by atoms with Crippen LogP contribution in [0.1, 0.15) is 32.4 Å². The first kappa shape index (κ1) is 10.9. The molecule has 0 bridgehead atoms. The molecule has 0 spiro atoms. The van der Waals surface area contributed by atoms with Crippen molar-refractivity contribution in [2.75, 3.05) is 6.61 Å². The molecule has 0 aromatic carbocycles. The van der Waals surface area contributed by atoms with Crippen LogP contribution in [0.5, 0.6) is 5.75 Å². The summed E-state index contributed by atoms with van der Waals surface area (Å²) in [6, 6.07) is 1.41. The fourth-order valence-electron chi connectivity index (χ4n) is 1.73. The van der Waals surface area contributed by atoms with E-state index >= 15 is 0 Å². The van der Waals surface area contributed by atoms with Crippen molar-refractivity contribution in [1.29, 1.82) is 0 Å². The average Bonchev–Trinajstić information content (AvgIpc) is 2.66. The van der Waals surface area contributed by atoms with Crippen LogP contribution in [-0.4, -0.2) is 16.0 Å². The van der Waals surface area contributed by atoms with Gasteiger partial charge in [0.2, 0.25) is 0 Å². The van der Waals surface area contributed by atoms with Gasteiger partial charge >= 0.3 is 0 Å². The molecule has 0 fully saturated rings. The number of nitrogens with zero attached hydrogens (tertiary/aromatic N) is 2. The normalized spacial score (nSPS) is 11.3. The molecular weight excluding hydrogens is 207 g/mol. The lowest BCUT2D eigenvalue weighted by Gasteiger charge is -2.08. The Hall–Kier alpha value is -1.58. The van der Waals surface area contributed by atoms with E-state index in [9.17, 15) is 4.39 Å². The maximum Gasteiger partial charge on any atom is 0.198 e. The molecule has 4 heteroatoms. The number of pyridine rings is 1. The van der Waals surface area contributed by atoms with Crippen LogP contribution >= 0.6 is 0 Å².